The first-order valence-electron chi connectivity index (χ1n) is 6.05. The van der Waals surface area contributed by atoms with Crippen molar-refractivity contribution in [1.82, 2.24) is 0 Å². The first kappa shape index (κ1) is 14.3. The molecule has 0 fully saturated rings. The number of carbonyl (C=O) groups excluding carboxylic acids is 1. The SMILES string of the molecule is CCc1ccc(C(=O)C(C#N)c2c(F)cccc2Cl)o1. The molecule has 1 aromatic heterocycles. The second-order valence-electron chi connectivity index (χ2n) is 4.18. The Morgan fingerprint density at radius 3 is 2.75 bits per heavy atom. The third-order valence-corrected chi connectivity index (χ3v) is 3.26. The van der Waals surface area contributed by atoms with Crippen molar-refractivity contribution in [2.24, 2.45) is 0 Å². The number of rotatable bonds is 4. The van der Waals surface area contributed by atoms with Crippen LogP contribution in [0.4, 0.5) is 4.39 Å². The summed E-state index contributed by atoms with van der Waals surface area (Å²) in [4.78, 5) is 12.3. The number of hydrogen-bond donors (Lipinski definition) is 0. The predicted molar refractivity (Wildman–Crippen MR) is 72.2 cm³/mol. The number of Topliss-reactive ketones (excluding diaryl/α,β-unsaturated/α-hetero) is 1. The lowest BCUT2D eigenvalue weighted by Gasteiger charge is -2.10. The van der Waals surface area contributed by atoms with Crippen molar-refractivity contribution in [2.75, 3.05) is 0 Å². The van der Waals surface area contributed by atoms with E-state index >= 15 is 0 Å². The van der Waals surface area contributed by atoms with E-state index in [2.05, 4.69) is 0 Å². The van der Waals surface area contributed by atoms with E-state index in [1.54, 1.807) is 12.1 Å². The Morgan fingerprint density at radius 1 is 1.45 bits per heavy atom. The average Bonchev–Trinajstić information content (AvgIpc) is 2.91. The van der Waals surface area contributed by atoms with E-state index in [0.29, 0.717) is 12.2 Å². The van der Waals surface area contributed by atoms with Crippen LogP contribution in [0.15, 0.2) is 34.7 Å². The van der Waals surface area contributed by atoms with Crippen LogP contribution in [0, 0.1) is 17.1 Å². The maximum Gasteiger partial charge on any atom is 0.219 e. The summed E-state index contributed by atoms with van der Waals surface area (Å²) < 4.78 is 19.1. The van der Waals surface area contributed by atoms with Crippen LogP contribution in [0.25, 0.3) is 0 Å². The second kappa shape index (κ2) is 5.89. The van der Waals surface area contributed by atoms with Crippen LogP contribution >= 0.6 is 11.6 Å². The number of benzene rings is 1. The van der Waals surface area contributed by atoms with E-state index in [1.807, 2.05) is 6.92 Å². The highest BCUT2D eigenvalue weighted by Gasteiger charge is 2.29. The highest BCUT2D eigenvalue weighted by molar-refractivity contribution is 6.31. The van der Waals surface area contributed by atoms with E-state index in [4.69, 9.17) is 16.0 Å². The fourth-order valence-corrected chi connectivity index (χ4v) is 2.16. The van der Waals surface area contributed by atoms with Gasteiger partial charge in [0.1, 0.15) is 17.5 Å². The van der Waals surface area contributed by atoms with Crippen molar-refractivity contribution >= 4 is 17.4 Å². The van der Waals surface area contributed by atoms with Gasteiger partial charge in [-0.3, -0.25) is 4.79 Å². The Labute approximate surface area is 120 Å². The molecular formula is C15H11ClFNO2. The zero-order valence-corrected chi connectivity index (χ0v) is 11.4. The van der Waals surface area contributed by atoms with E-state index in [-0.39, 0.29) is 16.3 Å². The maximum atomic E-state index is 13.8. The quantitative estimate of drug-likeness (QED) is 0.796. The Bertz CT molecular complexity index is 667. The number of nitrogens with zero attached hydrogens (tertiary/aromatic N) is 1. The van der Waals surface area contributed by atoms with E-state index in [1.165, 1.54) is 24.3 Å². The molecule has 0 saturated carbocycles. The smallest absolute Gasteiger partial charge is 0.219 e. The molecule has 1 unspecified atom stereocenters. The molecule has 0 aliphatic carbocycles. The molecule has 0 bridgehead atoms. The summed E-state index contributed by atoms with van der Waals surface area (Å²) in [5, 5.41) is 9.23. The third-order valence-electron chi connectivity index (χ3n) is 2.93. The second-order valence-corrected chi connectivity index (χ2v) is 4.59. The van der Waals surface area contributed by atoms with Gasteiger partial charge in [0.2, 0.25) is 5.78 Å². The fraction of sp³-hybridized carbons (Fsp3) is 0.200. The molecule has 1 heterocycles. The molecule has 0 saturated heterocycles. The summed E-state index contributed by atoms with van der Waals surface area (Å²) in [7, 11) is 0. The number of nitriles is 1. The van der Waals surface area contributed by atoms with Gasteiger partial charge in [0, 0.05) is 17.0 Å². The normalized spacial score (nSPS) is 11.9. The largest absolute Gasteiger partial charge is 0.458 e. The summed E-state index contributed by atoms with van der Waals surface area (Å²) in [6, 6.07) is 8.96. The van der Waals surface area contributed by atoms with Gasteiger partial charge < -0.3 is 4.42 Å². The standard InChI is InChI=1S/C15H11ClFNO2/c1-2-9-6-7-13(20-9)15(19)10(8-18)14-11(16)4-3-5-12(14)17/h3-7,10H,2H2,1H3. The number of ketones is 1. The molecule has 0 amide bonds. The first-order chi connectivity index (χ1) is 9.58. The average molecular weight is 292 g/mol. The molecule has 0 radical (unpaired) electrons. The Kier molecular flexibility index (Phi) is 4.21. The van der Waals surface area contributed by atoms with Gasteiger partial charge in [-0.15, -0.1) is 0 Å². The highest BCUT2D eigenvalue weighted by atomic mass is 35.5. The zero-order valence-electron chi connectivity index (χ0n) is 10.7. The molecule has 0 N–H and O–H groups in total. The van der Waals surface area contributed by atoms with Crippen molar-refractivity contribution in [2.45, 2.75) is 19.3 Å². The fourth-order valence-electron chi connectivity index (χ4n) is 1.88. The summed E-state index contributed by atoms with van der Waals surface area (Å²) >= 11 is 5.89. The van der Waals surface area contributed by atoms with Gasteiger partial charge >= 0.3 is 0 Å². The molecule has 0 spiro atoms. The van der Waals surface area contributed by atoms with Crippen LogP contribution < -0.4 is 0 Å². The molecule has 1 atom stereocenters. The van der Waals surface area contributed by atoms with Gasteiger partial charge in [-0.1, -0.05) is 24.6 Å². The number of hydrogen-bond acceptors (Lipinski definition) is 3. The van der Waals surface area contributed by atoms with Gasteiger partial charge in [-0.2, -0.15) is 5.26 Å². The van der Waals surface area contributed by atoms with Crippen LogP contribution in [-0.2, 0) is 6.42 Å². The van der Waals surface area contributed by atoms with Crippen molar-refractivity contribution in [3.8, 4) is 6.07 Å². The minimum absolute atomic E-state index is 0.0349. The molecule has 1 aromatic carbocycles. The van der Waals surface area contributed by atoms with Crippen molar-refractivity contribution in [3.63, 3.8) is 0 Å². The minimum Gasteiger partial charge on any atom is -0.458 e. The van der Waals surface area contributed by atoms with Gasteiger partial charge in [0.25, 0.3) is 0 Å². The Morgan fingerprint density at radius 2 is 2.20 bits per heavy atom. The lowest BCUT2D eigenvalue weighted by Crippen LogP contribution is -2.12. The Balaban J connectivity index is 2.43. The Hall–Kier alpha value is -2.12. The lowest BCUT2D eigenvalue weighted by molar-refractivity contribution is 0.0949. The molecule has 20 heavy (non-hydrogen) atoms. The number of furan rings is 1. The summed E-state index contributed by atoms with van der Waals surface area (Å²) in [6.07, 6.45) is 0.630. The van der Waals surface area contributed by atoms with Crippen LogP contribution in [-0.4, -0.2) is 5.78 Å². The molecule has 0 aliphatic rings. The predicted octanol–water partition coefficient (Wildman–Crippen LogP) is 4.12. The third kappa shape index (κ3) is 2.59. The monoisotopic (exact) mass is 291 g/mol. The molecule has 2 rings (SSSR count). The molecule has 2 aromatic rings. The van der Waals surface area contributed by atoms with Crippen molar-refractivity contribution in [1.29, 1.82) is 5.26 Å². The summed E-state index contributed by atoms with van der Waals surface area (Å²) in [5.41, 5.74) is -0.115. The first-order valence-corrected chi connectivity index (χ1v) is 6.42. The number of aryl methyl sites for hydroxylation is 1. The van der Waals surface area contributed by atoms with Crippen LogP contribution in [0.2, 0.25) is 5.02 Å². The molecule has 102 valence electrons. The zero-order chi connectivity index (χ0) is 14.7. The lowest BCUT2D eigenvalue weighted by atomic mass is 9.94. The highest BCUT2D eigenvalue weighted by Crippen LogP contribution is 2.30. The van der Waals surface area contributed by atoms with Gasteiger partial charge in [0.05, 0.1) is 6.07 Å². The maximum absolute atomic E-state index is 13.8. The van der Waals surface area contributed by atoms with Crippen molar-refractivity contribution < 1.29 is 13.6 Å². The van der Waals surface area contributed by atoms with Crippen LogP contribution in [0.5, 0.6) is 0 Å². The van der Waals surface area contributed by atoms with E-state index in [9.17, 15) is 14.4 Å². The summed E-state index contributed by atoms with van der Waals surface area (Å²) in [5.74, 6) is -1.93. The van der Waals surface area contributed by atoms with E-state index < -0.39 is 17.5 Å². The van der Waals surface area contributed by atoms with Crippen molar-refractivity contribution in [3.05, 3.63) is 58.3 Å². The van der Waals surface area contributed by atoms with Crippen LogP contribution in [0.1, 0.15) is 34.7 Å². The summed E-state index contributed by atoms with van der Waals surface area (Å²) in [6.45, 7) is 1.88. The minimum atomic E-state index is -1.32. The molecule has 3 nitrogen and oxygen atoms in total. The number of halogens is 2. The number of carbonyl (C=O) groups is 1. The van der Waals surface area contributed by atoms with Gasteiger partial charge in [-0.25, -0.2) is 4.39 Å². The van der Waals surface area contributed by atoms with E-state index in [0.717, 1.165) is 0 Å². The molecular weight excluding hydrogens is 281 g/mol. The van der Waals surface area contributed by atoms with Gasteiger partial charge in [0.15, 0.2) is 5.76 Å². The topological polar surface area (TPSA) is 54.0 Å². The van der Waals surface area contributed by atoms with Crippen LogP contribution in [0.3, 0.4) is 0 Å². The van der Waals surface area contributed by atoms with Gasteiger partial charge in [-0.05, 0) is 24.3 Å². The molecule has 5 heteroatoms. The molecule has 0 aliphatic heterocycles.